The van der Waals surface area contributed by atoms with Gasteiger partial charge in [0, 0.05) is 17.6 Å². The molecule has 1 amide bonds. The van der Waals surface area contributed by atoms with E-state index in [-0.39, 0.29) is 5.91 Å². The summed E-state index contributed by atoms with van der Waals surface area (Å²) in [5.41, 5.74) is 0. The second-order valence-corrected chi connectivity index (χ2v) is 7.21. The number of hydrogen-bond donors (Lipinski definition) is 0. The quantitative estimate of drug-likeness (QED) is 0.667. The molecule has 1 N–H and O–H groups in total. The normalized spacial score (nSPS) is 14.6. The second-order valence-electron chi connectivity index (χ2n) is 6.24. The number of anilines is 1. The van der Waals surface area contributed by atoms with E-state index in [2.05, 4.69) is 33.1 Å². The van der Waals surface area contributed by atoms with Gasteiger partial charge in [0.15, 0.2) is 0 Å². The van der Waals surface area contributed by atoms with Gasteiger partial charge in [-0.1, -0.05) is 42.1 Å². The van der Waals surface area contributed by atoms with Gasteiger partial charge in [0.25, 0.3) is 5.82 Å². The molecule has 1 saturated heterocycles. The lowest BCUT2D eigenvalue weighted by Crippen LogP contribution is -2.50. The first kappa shape index (κ1) is 16.8. The number of fused-ring (bicyclic) bond motifs is 1. The summed E-state index contributed by atoms with van der Waals surface area (Å²) in [7, 11) is 0. The fourth-order valence-electron chi connectivity index (χ4n) is 3.21. The number of hydrogen-bond acceptors (Lipinski definition) is 4. The molecule has 132 valence electrons. The van der Waals surface area contributed by atoms with Gasteiger partial charge in [0.2, 0.25) is 5.91 Å². The van der Waals surface area contributed by atoms with Gasteiger partial charge in [0.05, 0.1) is 25.0 Å². The van der Waals surface area contributed by atoms with Gasteiger partial charge in [-0.3, -0.25) is 9.69 Å². The average molecular weight is 365 g/mol. The molecule has 1 aliphatic heterocycles. The Labute approximate surface area is 157 Å². The molecule has 0 aliphatic carbocycles. The fourth-order valence-corrected chi connectivity index (χ4v) is 4.13. The Morgan fingerprint density at radius 1 is 1.04 bits per heavy atom. The van der Waals surface area contributed by atoms with Gasteiger partial charge < -0.3 is 4.90 Å². The molecule has 1 fully saturated rings. The van der Waals surface area contributed by atoms with E-state index in [0.29, 0.717) is 5.75 Å². The number of pyridine rings is 2. The zero-order chi connectivity index (χ0) is 17.8. The molecule has 26 heavy (non-hydrogen) atoms. The Kier molecular flexibility index (Phi) is 5.02. The van der Waals surface area contributed by atoms with E-state index in [1.165, 1.54) is 11.8 Å². The van der Waals surface area contributed by atoms with Crippen LogP contribution < -0.4 is 9.88 Å². The lowest BCUT2D eigenvalue weighted by molar-refractivity contribution is -0.364. The summed E-state index contributed by atoms with van der Waals surface area (Å²) < 4.78 is 0. The average Bonchev–Trinajstić information content (AvgIpc) is 2.73. The molecular weight excluding hydrogens is 344 g/mol. The van der Waals surface area contributed by atoms with E-state index in [1.807, 2.05) is 47.6 Å². The van der Waals surface area contributed by atoms with Crippen LogP contribution in [0.3, 0.4) is 0 Å². The Morgan fingerprint density at radius 2 is 1.85 bits per heavy atom. The summed E-state index contributed by atoms with van der Waals surface area (Å²) in [5, 5.41) is 3.19. The summed E-state index contributed by atoms with van der Waals surface area (Å²) in [6, 6.07) is 16.2. The van der Waals surface area contributed by atoms with Gasteiger partial charge in [0.1, 0.15) is 18.1 Å². The Morgan fingerprint density at radius 3 is 2.65 bits per heavy atom. The van der Waals surface area contributed by atoms with Crippen molar-refractivity contribution in [3.05, 3.63) is 60.9 Å². The Hall–Kier alpha value is -2.60. The summed E-state index contributed by atoms with van der Waals surface area (Å²) in [4.78, 5) is 24.6. The SMILES string of the molecule is O=C(CSc1nccc2ccccc12)N1CCN(c2cccc[nH+]2)CC1. The van der Waals surface area contributed by atoms with Crippen molar-refractivity contribution in [2.24, 2.45) is 0 Å². The van der Waals surface area contributed by atoms with Crippen LogP contribution in [0.5, 0.6) is 0 Å². The molecule has 0 saturated carbocycles. The highest BCUT2D eigenvalue weighted by Gasteiger charge is 2.26. The largest absolute Gasteiger partial charge is 0.334 e. The van der Waals surface area contributed by atoms with Crippen LogP contribution in [0.1, 0.15) is 0 Å². The van der Waals surface area contributed by atoms with Crippen molar-refractivity contribution in [2.75, 3.05) is 36.8 Å². The van der Waals surface area contributed by atoms with Crippen LogP contribution >= 0.6 is 11.8 Å². The van der Waals surface area contributed by atoms with Crippen molar-refractivity contribution in [3.8, 4) is 0 Å². The Bertz CT molecular complexity index is 889. The summed E-state index contributed by atoms with van der Waals surface area (Å²) >= 11 is 1.53. The number of H-pyrrole nitrogens is 1. The third-order valence-electron chi connectivity index (χ3n) is 4.64. The van der Waals surface area contributed by atoms with Crippen molar-refractivity contribution < 1.29 is 9.78 Å². The summed E-state index contributed by atoms with van der Waals surface area (Å²) in [6.45, 7) is 3.21. The van der Waals surface area contributed by atoms with Crippen LogP contribution in [-0.2, 0) is 4.79 Å². The van der Waals surface area contributed by atoms with Crippen LogP contribution in [0.4, 0.5) is 5.82 Å². The van der Waals surface area contributed by atoms with Crippen LogP contribution in [0.25, 0.3) is 10.8 Å². The number of nitrogens with one attached hydrogen (secondary N) is 1. The van der Waals surface area contributed by atoms with Gasteiger partial charge in [-0.05, 0) is 17.5 Å². The van der Waals surface area contributed by atoms with Crippen LogP contribution in [0, 0.1) is 0 Å². The number of amides is 1. The second kappa shape index (κ2) is 7.74. The number of aromatic amines is 1. The molecule has 0 bridgehead atoms. The first-order valence-corrected chi connectivity index (χ1v) is 9.76. The first-order chi connectivity index (χ1) is 12.8. The summed E-state index contributed by atoms with van der Waals surface area (Å²) in [6.07, 6.45) is 3.74. The third-order valence-corrected chi connectivity index (χ3v) is 5.63. The lowest BCUT2D eigenvalue weighted by Gasteiger charge is -2.30. The zero-order valence-corrected chi connectivity index (χ0v) is 15.3. The zero-order valence-electron chi connectivity index (χ0n) is 14.5. The minimum atomic E-state index is 0.182. The number of nitrogens with zero attached hydrogens (tertiary/aromatic N) is 3. The molecule has 0 atom stereocenters. The van der Waals surface area contributed by atoms with Gasteiger partial charge in [-0.25, -0.2) is 9.97 Å². The standard InChI is InChI=1S/C20H20N4OS/c25-19(15-26-20-17-6-2-1-5-16(17)8-10-22-20)24-13-11-23(12-14-24)18-7-3-4-9-21-18/h1-10H,11-15H2/p+1. The number of piperazine rings is 1. The highest BCUT2D eigenvalue weighted by molar-refractivity contribution is 8.00. The number of carbonyl (C=O) groups is 1. The molecule has 3 heterocycles. The number of rotatable bonds is 4. The first-order valence-electron chi connectivity index (χ1n) is 8.77. The molecule has 4 rings (SSSR count). The molecule has 5 nitrogen and oxygen atoms in total. The van der Waals surface area contributed by atoms with Crippen LogP contribution in [-0.4, -0.2) is 47.7 Å². The molecule has 0 radical (unpaired) electrons. The summed E-state index contributed by atoms with van der Waals surface area (Å²) in [5.74, 6) is 1.72. The maximum absolute atomic E-state index is 12.6. The molecule has 2 aromatic heterocycles. The van der Waals surface area contributed by atoms with E-state index in [1.54, 1.807) is 0 Å². The van der Waals surface area contributed by atoms with Crippen molar-refractivity contribution in [1.82, 2.24) is 9.88 Å². The van der Waals surface area contributed by atoms with Gasteiger partial charge >= 0.3 is 0 Å². The molecule has 0 spiro atoms. The van der Waals surface area contributed by atoms with E-state index in [9.17, 15) is 4.79 Å². The van der Waals surface area contributed by atoms with E-state index in [4.69, 9.17) is 0 Å². The van der Waals surface area contributed by atoms with E-state index in [0.717, 1.165) is 47.8 Å². The van der Waals surface area contributed by atoms with Crippen LogP contribution in [0.2, 0.25) is 0 Å². The van der Waals surface area contributed by atoms with Gasteiger partial charge in [-0.2, -0.15) is 0 Å². The topological polar surface area (TPSA) is 50.6 Å². The minimum absolute atomic E-state index is 0.182. The molecule has 6 heteroatoms. The van der Waals surface area contributed by atoms with Crippen molar-refractivity contribution in [2.45, 2.75) is 5.03 Å². The maximum atomic E-state index is 12.6. The number of benzene rings is 1. The minimum Gasteiger partial charge on any atom is -0.334 e. The Balaban J connectivity index is 1.34. The number of carbonyl (C=O) groups excluding carboxylic acids is 1. The van der Waals surface area contributed by atoms with Crippen molar-refractivity contribution in [3.63, 3.8) is 0 Å². The molecule has 1 aromatic carbocycles. The lowest BCUT2D eigenvalue weighted by atomic mass is 10.2. The van der Waals surface area contributed by atoms with Crippen LogP contribution in [0.15, 0.2) is 66.0 Å². The van der Waals surface area contributed by atoms with Crippen molar-refractivity contribution >= 4 is 34.3 Å². The number of aromatic nitrogens is 2. The predicted octanol–water partition coefficient (Wildman–Crippen LogP) is 2.49. The third kappa shape index (κ3) is 3.65. The fraction of sp³-hybridized carbons (Fsp3) is 0.250. The monoisotopic (exact) mass is 365 g/mol. The highest BCUT2D eigenvalue weighted by Crippen LogP contribution is 2.25. The smallest absolute Gasteiger partial charge is 0.274 e. The highest BCUT2D eigenvalue weighted by atomic mass is 32.2. The molecule has 1 aliphatic rings. The maximum Gasteiger partial charge on any atom is 0.274 e. The molecule has 0 unspecified atom stereocenters. The van der Waals surface area contributed by atoms with Crippen molar-refractivity contribution in [1.29, 1.82) is 0 Å². The molecule has 3 aromatic rings. The molecular formula is C20H21N4OS+. The van der Waals surface area contributed by atoms with E-state index < -0.39 is 0 Å². The predicted molar refractivity (Wildman–Crippen MR) is 104 cm³/mol. The van der Waals surface area contributed by atoms with Gasteiger partial charge in [-0.15, -0.1) is 0 Å². The number of thioether (sulfide) groups is 1. The van der Waals surface area contributed by atoms with E-state index >= 15 is 0 Å².